The number of amides is 1. The summed E-state index contributed by atoms with van der Waals surface area (Å²) in [6.07, 6.45) is 0.253. The van der Waals surface area contributed by atoms with Gasteiger partial charge in [-0.25, -0.2) is 4.79 Å². The zero-order valence-electron chi connectivity index (χ0n) is 16.2. The Hall–Kier alpha value is -2.70. The molecule has 2 aromatic rings. The smallest absolute Gasteiger partial charge is 0.326 e. The SMILES string of the molecule is CN1CCN(Cc2cccc(C(=O)N[C@@H](Cc3ccccc3)C(=O)O)c2)CC1. The monoisotopic (exact) mass is 381 g/mol. The number of hydrogen-bond donors (Lipinski definition) is 2. The summed E-state index contributed by atoms with van der Waals surface area (Å²) in [5.74, 6) is -1.39. The molecule has 1 fully saturated rings. The van der Waals surface area contributed by atoms with Crippen LogP contribution in [0.1, 0.15) is 21.5 Å². The van der Waals surface area contributed by atoms with Crippen LogP contribution in [0.2, 0.25) is 0 Å². The summed E-state index contributed by atoms with van der Waals surface area (Å²) in [6, 6.07) is 15.8. The molecular weight excluding hydrogens is 354 g/mol. The fourth-order valence-corrected chi connectivity index (χ4v) is 3.37. The molecule has 1 aliphatic heterocycles. The van der Waals surface area contributed by atoms with Crippen LogP contribution in [0.3, 0.4) is 0 Å². The van der Waals surface area contributed by atoms with E-state index < -0.39 is 12.0 Å². The highest BCUT2D eigenvalue weighted by Crippen LogP contribution is 2.11. The third-order valence-electron chi connectivity index (χ3n) is 5.08. The van der Waals surface area contributed by atoms with Crippen molar-refractivity contribution >= 4 is 11.9 Å². The van der Waals surface area contributed by atoms with E-state index >= 15 is 0 Å². The Balaban J connectivity index is 1.63. The van der Waals surface area contributed by atoms with Crippen LogP contribution in [0.5, 0.6) is 0 Å². The van der Waals surface area contributed by atoms with Crippen LogP contribution in [-0.2, 0) is 17.8 Å². The lowest BCUT2D eigenvalue weighted by Gasteiger charge is -2.32. The molecule has 2 aromatic carbocycles. The predicted octanol–water partition coefficient (Wildman–Crippen LogP) is 1.86. The minimum Gasteiger partial charge on any atom is -0.480 e. The number of nitrogens with one attached hydrogen (secondary N) is 1. The van der Waals surface area contributed by atoms with Gasteiger partial charge in [0, 0.05) is 44.7 Å². The molecule has 0 unspecified atom stereocenters. The Kier molecular flexibility index (Phi) is 6.79. The van der Waals surface area contributed by atoms with Crippen molar-refractivity contribution in [3.8, 4) is 0 Å². The molecule has 0 radical (unpaired) electrons. The fourth-order valence-electron chi connectivity index (χ4n) is 3.37. The van der Waals surface area contributed by atoms with Crippen LogP contribution in [0.15, 0.2) is 54.6 Å². The second-order valence-electron chi connectivity index (χ2n) is 7.33. The normalized spacial score (nSPS) is 16.5. The summed E-state index contributed by atoms with van der Waals surface area (Å²) in [7, 11) is 2.12. The maximum Gasteiger partial charge on any atom is 0.326 e. The molecule has 148 valence electrons. The van der Waals surface area contributed by atoms with Gasteiger partial charge in [0.2, 0.25) is 0 Å². The summed E-state index contributed by atoms with van der Waals surface area (Å²) in [6.45, 7) is 4.89. The number of carbonyl (C=O) groups is 2. The van der Waals surface area contributed by atoms with Crippen LogP contribution in [0, 0.1) is 0 Å². The number of carboxylic acid groups (broad SMARTS) is 1. The highest BCUT2D eigenvalue weighted by Gasteiger charge is 2.21. The predicted molar refractivity (Wildman–Crippen MR) is 108 cm³/mol. The summed E-state index contributed by atoms with van der Waals surface area (Å²) in [4.78, 5) is 28.9. The molecule has 0 saturated carbocycles. The number of nitrogens with zero attached hydrogens (tertiary/aromatic N) is 2. The molecule has 0 aromatic heterocycles. The summed E-state index contributed by atoms with van der Waals surface area (Å²) in [5.41, 5.74) is 2.43. The van der Waals surface area contributed by atoms with E-state index in [1.807, 2.05) is 48.5 Å². The molecule has 1 amide bonds. The number of carboxylic acids is 1. The third kappa shape index (κ3) is 5.65. The first kappa shape index (κ1) is 20.0. The first-order chi connectivity index (χ1) is 13.5. The molecule has 6 nitrogen and oxygen atoms in total. The van der Waals surface area contributed by atoms with Crippen LogP contribution in [0.25, 0.3) is 0 Å². The van der Waals surface area contributed by atoms with Crippen molar-refractivity contribution in [3.05, 3.63) is 71.3 Å². The van der Waals surface area contributed by atoms with Gasteiger partial charge in [-0.05, 0) is 30.3 Å². The molecule has 0 aliphatic carbocycles. The first-order valence-corrected chi connectivity index (χ1v) is 9.58. The second kappa shape index (κ2) is 9.48. The Morgan fingerprint density at radius 3 is 2.36 bits per heavy atom. The zero-order valence-corrected chi connectivity index (χ0v) is 16.2. The topological polar surface area (TPSA) is 72.9 Å². The van der Waals surface area contributed by atoms with Crippen LogP contribution < -0.4 is 5.32 Å². The van der Waals surface area contributed by atoms with Crippen molar-refractivity contribution < 1.29 is 14.7 Å². The van der Waals surface area contributed by atoms with E-state index in [1.54, 1.807) is 6.07 Å². The van der Waals surface area contributed by atoms with Crippen molar-refractivity contribution in [2.24, 2.45) is 0 Å². The molecule has 28 heavy (non-hydrogen) atoms. The van der Waals surface area contributed by atoms with Gasteiger partial charge in [-0.15, -0.1) is 0 Å². The average Bonchev–Trinajstić information content (AvgIpc) is 2.70. The van der Waals surface area contributed by atoms with Crippen LogP contribution >= 0.6 is 0 Å². The molecule has 1 aliphatic rings. The minimum absolute atomic E-state index is 0.253. The Morgan fingerprint density at radius 2 is 1.68 bits per heavy atom. The molecular formula is C22H27N3O3. The minimum atomic E-state index is -1.04. The molecule has 1 heterocycles. The molecule has 0 spiro atoms. The fraction of sp³-hybridized carbons (Fsp3) is 0.364. The van der Waals surface area contributed by atoms with Gasteiger partial charge in [0.25, 0.3) is 5.91 Å². The molecule has 1 saturated heterocycles. The summed E-state index contributed by atoms with van der Waals surface area (Å²) in [5, 5.41) is 12.2. The first-order valence-electron chi connectivity index (χ1n) is 9.58. The number of aliphatic carboxylic acids is 1. The largest absolute Gasteiger partial charge is 0.480 e. The highest BCUT2D eigenvalue weighted by molar-refractivity contribution is 5.96. The maximum atomic E-state index is 12.6. The number of hydrogen-bond acceptors (Lipinski definition) is 4. The summed E-state index contributed by atoms with van der Waals surface area (Å²) < 4.78 is 0. The van der Waals surface area contributed by atoms with E-state index in [1.165, 1.54) is 0 Å². The van der Waals surface area contributed by atoms with Crippen molar-refractivity contribution in [3.63, 3.8) is 0 Å². The molecule has 3 rings (SSSR count). The van der Waals surface area contributed by atoms with Crippen molar-refractivity contribution in [1.82, 2.24) is 15.1 Å². The van der Waals surface area contributed by atoms with Gasteiger partial charge >= 0.3 is 5.97 Å². The lowest BCUT2D eigenvalue weighted by Crippen LogP contribution is -2.44. The molecule has 0 bridgehead atoms. The van der Waals surface area contributed by atoms with E-state index in [2.05, 4.69) is 22.2 Å². The summed E-state index contributed by atoms with van der Waals surface area (Å²) >= 11 is 0. The molecule has 1 atom stereocenters. The van der Waals surface area contributed by atoms with Gasteiger partial charge in [-0.2, -0.15) is 0 Å². The van der Waals surface area contributed by atoms with Gasteiger partial charge in [0.15, 0.2) is 0 Å². The van der Waals surface area contributed by atoms with E-state index in [0.717, 1.165) is 43.9 Å². The van der Waals surface area contributed by atoms with Crippen molar-refractivity contribution in [2.75, 3.05) is 33.2 Å². The van der Waals surface area contributed by atoms with Gasteiger partial charge in [0.1, 0.15) is 6.04 Å². The number of likely N-dealkylation sites (N-methyl/N-ethyl adjacent to an activating group) is 1. The number of carbonyl (C=O) groups excluding carboxylic acids is 1. The lowest BCUT2D eigenvalue weighted by atomic mass is 10.0. The second-order valence-corrected chi connectivity index (χ2v) is 7.33. The van der Waals surface area contributed by atoms with Gasteiger partial charge in [-0.3, -0.25) is 9.69 Å². The average molecular weight is 381 g/mol. The Bertz CT molecular complexity index is 802. The number of rotatable bonds is 7. The third-order valence-corrected chi connectivity index (χ3v) is 5.08. The highest BCUT2D eigenvalue weighted by atomic mass is 16.4. The lowest BCUT2D eigenvalue weighted by molar-refractivity contribution is -0.139. The van der Waals surface area contributed by atoms with Gasteiger partial charge < -0.3 is 15.3 Å². The van der Waals surface area contributed by atoms with Crippen molar-refractivity contribution in [1.29, 1.82) is 0 Å². The van der Waals surface area contributed by atoms with E-state index in [9.17, 15) is 14.7 Å². The standard InChI is InChI=1S/C22H27N3O3/c1-24-10-12-25(13-11-24)16-18-8-5-9-19(14-18)21(26)23-20(22(27)28)15-17-6-3-2-4-7-17/h2-9,14,20H,10-13,15-16H2,1H3,(H,23,26)(H,27,28)/t20-/m0/s1. The Morgan fingerprint density at radius 1 is 1.00 bits per heavy atom. The van der Waals surface area contributed by atoms with Gasteiger partial charge in [-0.1, -0.05) is 42.5 Å². The quantitative estimate of drug-likeness (QED) is 0.766. The van der Waals surface area contributed by atoms with E-state index in [4.69, 9.17) is 0 Å². The van der Waals surface area contributed by atoms with Crippen molar-refractivity contribution in [2.45, 2.75) is 19.0 Å². The zero-order chi connectivity index (χ0) is 19.9. The maximum absolute atomic E-state index is 12.6. The van der Waals surface area contributed by atoms with Crippen LogP contribution in [-0.4, -0.2) is 66.1 Å². The molecule has 2 N–H and O–H groups in total. The van der Waals surface area contributed by atoms with Crippen LogP contribution in [0.4, 0.5) is 0 Å². The molecule has 6 heteroatoms. The number of piperazine rings is 1. The number of benzene rings is 2. The van der Waals surface area contributed by atoms with E-state index in [0.29, 0.717) is 5.56 Å². The Labute approximate surface area is 165 Å². The van der Waals surface area contributed by atoms with Gasteiger partial charge in [0.05, 0.1) is 0 Å². The van der Waals surface area contributed by atoms with E-state index in [-0.39, 0.29) is 12.3 Å².